The summed E-state index contributed by atoms with van der Waals surface area (Å²) in [6.45, 7) is 7.84. The minimum atomic E-state index is 0.0346. The van der Waals surface area contributed by atoms with Gasteiger partial charge in [0.05, 0.1) is 13.3 Å². The van der Waals surface area contributed by atoms with Crippen LogP contribution in [0.5, 0.6) is 0 Å². The van der Waals surface area contributed by atoms with Gasteiger partial charge in [-0.1, -0.05) is 48.0 Å². The van der Waals surface area contributed by atoms with E-state index in [1.54, 1.807) is 4.57 Å². The summed E-state index contributed by atoms with van der Waals surface area (Å²) in [6, 6.07) is 18.7. The third-order valence-electron chi connectivity index (χ3n) is 5.14. The fourth-order valence-electron chi connectivity index (χ4n) is 3.45. The SMILES string of the molecule is Cc1ccc(N2CN(Cc3ccccc3)Cn3c2nc(C)c(C)c3=O)cc1. The van der Waals surface area contributed by atoms with Crippen molar-refractivity contribution in [2.75, 3.05) is 11.6 Å². The standard InChI is InChI=1S/C22H24N4O/c1-16-9-11-20(12-10-16)25-14-24(13-19-7-5-4-6-8-19)15-26-21(27)17(2)18(3)23-22(25)26/h4-12H,13-15H2,1-3H3. The van der Waals surface area contributed by atoms with Crippen LogP contribution in [0.3, 0.4) is 0 Å². The molecule has 0 atom stereocenters. The van der Waals surface area contributed by atoms with Gasteiger partial charge in [0.25, 0.3) is 5.56 Å². The molecule has 2 heterocycles. The van der Waals surface area contributed by atoms with Crippen molar-refractivity contribution in [2.24, 2.45) is 0 Å². The zero-order valence-corrected chi connectivity index (χ0v) is 16.0. The summed E-state index contributed by atoms with van der Waals surface area (Å²) in [5, 5.41) is 0. The van der Waals surface area contributed by atoms with Crippen LogP contribution in [0.2, 0.25) is 0 Å². The van der Waals surface area contributed by atoms with Gasteiger partial charge in [-0.2, -0.15) is 0 Å². The van der Waals surface area contributed by atoms with Crippen molar-refractivity contribution in [1.82, 2.24) is 14.5 Å². The van der Waals surface area contributed by atoms with Crippen molar-refractivity contribution in [1.29, 1.82) is 0 Å². The summed E-state index contributed by atoms with van der Waals surface area (Å²) in [6.07, 6.45) is 0. The van der Waals surface area contributed by atoms with Crippen LogP contribution in [0, 0.1) is 20.8 Å². The Morgan fingerprint density at radius 1 is 0.926 bits per heavy atom. The Bertz CT molecular complexity index is 1010. The summed E-state index contributed by atoms with van der Waals surface area (Å²) < 4.78 is 1.79. The molecule has 5 nitrogen and oxygen atoms in total. The van der Waals surface area contributed by atoms with Gasteiger partial charge in [0.1, 0.15) is 0 Å². The number of aryl methyl sites for hydroxylation is 2. The Balaban J connectivity index is 1.78. The summed E-state index contributed by atoms with van der Waals surface area (Å²) in [4.78, 5) is 22.1. The summed E-state index contributed by atoms with van der Waals surface area (Å²) in [5.74, 6) is 0.719. The van der Waals surface area contributed by atoms with Crippen LogP contribution in [0.1, 0.15) is 22.4 Å². The van der Waals surface area contributed by atoms with Gasteiger partial charge in [-0.15, -0.1) is 0 Å². The van der Waals surface area contributed by atoms with E-state index in [0.29, 0.717) is 18.9 Å². The van der Waals surface area contributed by atoms with Crippen LogP contribution in [-0.4, -0.2) is 21.1 Å². The number of benzene rings is 2. The van der Waals surface area contributed by atoms with Crippen molar-refractivity contribution >= 4 is 11.6 Å². The van der Waals surface area contributed by atoms with E-state index in [9.17, 15) is 4.79 Å². The van der Waals surface area contributed by atoms with Crippen LogP contribution >= 0.6 is 0 Å². The first-order valence-corrected chi connectivity index (χ1v) is 9.21. The van der Waals surface area contributed by atoms with Crippen molar-refractivity contribution in [2.45, 2.75) is 34.0 Å². The van der Waals surface area contributed by atoms with Crippen molar-refractivity contribution < 1.29 is 0 Å². The molecule has 0 saturated carbocycles. The molecule has 1 aromatic heterocycles. The number of anilines is 2. The number of hydrogen-bond acceptors (Lipinski definition) is 4. The molecule has 0 N–H and O–H groups in total. The van der Waals surface area contributed by atoms with Crippen molar-refractivity contribution in [3.63, 3.8) is 0 Å². The van der Waals surface area contributed by atoms with E-state index in [1.807, 2.05) is 32.0 Å². The fraction of sp³-hybridized carbons (Fsp3) is 0.273. The topological polar surface area (TPSA) is 41.4 Å². The minimum absolute atomic E-state index is 0.0346. The predicted molar refractivity (Wildman–Crippen MR) is 108 cm³/mol. The van der Waals surface area contributed by atoms with E-state index in [0.717, 1.165) is 23.9 Å². The summed E-state index contributed by atoms with van der Waals surface area (Å²) >= 11 is 0. The molecule has 0 aliphatic carbocycles. The second-order valence-corrected chi connectivity index (χ2v) is 7.22. The predicted octanol–water partition coefficient (Wildman–Crippen LogP) is 3.74. The quantitative estimate of drug-likeness (QED) is 0.714. The van der Waals surface area contributed by atoms with E-state index in [1.165, 1.54) is 11.1 Å². The second-order valence-electron chi connectivity index (χ2n) is 7.22. The normalized spacial score (nSPS) is 14.3. The molecule has 138 valence electrons. The highest BCUT2D eigenvalue weighted by molar-refractivity contribution is 5.58. The molecule has 0 radical (unpaired) electrons. The maximum Gasteiger partial charge on any atom is 0.259 e. The van der Waals surface area contributed by atoms with Crippen LogP contribution in [0.15, 0.2) is 59.4 Å². The van der Waals surface area contributed by atoms with E-state index in [2.05, 4.69) is 53.1 Å². The van der Waals surface area contributed by atoms with Gasteiger partial charge < -0.3 is 0 Å². The largest absolute Gasteiger partial charge is 0.298 e. The smallest absolute Gasteiger partial charge is 0.259 e. The zero-order valence-electron chi connectivity index (χ0n) is 16.0. The van der Waals surface area contributed by atoms with Crippen LogP contribution in [0.4, 0.5) is 11.6 Å². The van der Waals surface area contributed by atoms with Crippen molar-refractivity contribution in [3.8, 4) is 0 Å². The van der Waals surface area contributed by atoms with Crippen LogP contribution in [0.25, 0.3) is 0 Å². The molecular weight excluding hydrogens is 336 g/mol. The number of nitrogens with zero attached hydrogens (tertiary/aromatic N) is 4. The van der Waals surface area contributed by atoms with Crippen LogP contribution < -0.4 is 10.5 Å². The molecule has 0 amide bonds. The highest BCUT2D eigenvalue weighted by Crippen LogP contribution is 2.28. The van der Waals surface area contributed by atoms with Gasteiger partial charge in [-0.25, -0.2) is 4.98 Å². The fourth-order valence-corrected chi connectivity index (χ4v) is 3.45. The zero-order chi connectivity index (χ0) is 19.0. The third-order valence-corrected chi connectivity index (χ3v) is 5.14. The van der Waals surface area contributed by atoms with Gasteiger partial charge in [-0.3, -0.25) is 19.2 Å². The Morgan fingerprint density at radius 2 is 1.63 bits per heavy atom. The number of aromatic nitrogens is 2. The van der Waals surface area contributed by atoms with Gasteiger partial charge in [0.15, 0.2) is 0 Å². The Hall–Kier alpha value is -2.92. The minimum Gasteiger partial charge on any atom is -0.298 e. The molecule has 0 saturated heterocycles. The highest BCUT2D eigenvalue weighted by Gasteiger charge is 2.27. The van der Waals surface area contributed by atoms with Gasteiger partial charge in [0, 0.05) is 23.5 Å². The molecule has 2 aromatic carbocycles. The number of hydrogen-bond donors (Lipinski definition) is 0. The lowest BCUT2D eigenvalue weighted by atomic mass is 10.2. The lowest BCUT2D eigenvalue weighted by molar-refractivity contribution is 0.190. The third kappa shape index (κ3) is 3.38. The molecule has 3 aromatic rings. The molecule has 0 fully saturated rings. The van der Waals surface area contributed by atoms with E-state index in [4.69, 9.17) is 4.98 Å². The van der Waals surface area contributed by atoms with Gasteiger partial charge >= 0.3 is 0 Å². The first-order valence-electron chi connectivity index (χ1n) is 9.21. The Morgan fingerprint density at radius 3 is 2.33 bits per heavy atom. The summed E-state index contributed by atoms with van der Waals surface area (Å²) in [7, 11) is 0. The lowest BCUT2D eigenvalue weighted by Crippen LogP contribution is -2.47. The van der Waals surface area contributed by atoms with Crippen LogP contribution in [-0.2, 0) is 13.2 Å². The average Bonchev–Trinajstić information content (AvgIpc) is 2.68. The number of rotatable bonds is 3. The molecule has 0 bridgehead atoms. The van der Waals surface area contributed by atoms with E-state index < -0.39 is 0 Å². The molecule has 27 heavy (non-hydrogen) atoms. The average molecular weight is 360 g/mol. The molecule has 5 heteroatoms. The molecule has 1 aliphatic heterocycles. The second kappa shape index (κ2) is 7.00. The van der Waals surface area contributed by atoms with E-state index in [-0.39, 0.29) is 5.56 Å². The molecular formula is C22H24N4O. The lowest BCUT2D eigenvalue weighted by Gasteiger charge is -2.38. The Kier molecular flexibility index (Phi) is 4.54. The molecule has 4 rings (SSSR count). The molecule has 0 unspecified atom stereocenters. The highest BCUT2D eigenvalue weighted by atomic mass is 16.1. The first kappa shape index (κ1) is 17.5. The maximum absolute atomic E-state index is 12.9. The van der Waals surface area contributed by atoms with E-state index >= 15 is 0 Å². The maximum atomic E-state index is 12.9. The van der Waals surface area contributed by atoms with Gasteiger partial charge in [0.2, 0.25) is 5.95 Å². The monoisotopic (exact) mass is 360 g/mol. The number of fused-ring (bicyclic) bond motifs is 1. The first-order chi connectivity index (χ1) is 13.0. The van der Waals surface area contributed by atoms with Gasteiger partial charge in [-0.05, 0) is 38.5 Å². The molecule has 0 spiro atoms. The molecule has 1 aliphatic rings. The summed E-state index contributed by atoms with van der Waals surface area (Å²) in [5.41, 5.74) is 5.02. The Labute approximate surface area is 159 Å². The van der Waals surface area contributed by atoms with Crippen molar-refractivity contribution in [3.05, 3.63) is 87.3 Å².